The van der Waals surface area contributed by atoms with Gasteiger partial charge in [-0.3, -0.25) is 14.9 Å². The molecule has 2 N–H and O–H groups in total. The number of halogens is 3. The Bertz CT molecular complexity index is 1270. The maximum atomic E-state index is 13.0. The van der Waals surface area contributed by atoms with Crippen molar-refractivity contribution in [1.82, 2.24) is 20.4 Å². The maximum absolute atomic E-state index is 13.0. The number of esters is 1. The molecule has 34 heavy (non-hydrogen) atoms. The zero-order valence-electron chi connectivity index (χ0n) is 17.5. The zero-order chi connectivity index (χ0) is 24.9. The number of carbonyl (C=O) groups excluding carboxylic acids is 3. The molecule has 0 aliphatic carbocycles. The van der Waals surface area contributed by atoms with Gasteiger partial charge in [0.15, 0.2) is 6.61 Å². The first-order chi connectivity index (χ1) is 16.0. The molecule has 0 atom stereocenters. The second-order valence-electron chi connectivity index (χ2n) is 6.84. The lowest BCUT2D eigenvalue weighted by atomic mass is 10.2. The normalized spacial score (nSPS) is 11.1. The Morgan fingerprint density at radius 1 is 1.15 bits per heavy atom. The van der Waals surface area contributed by atoms with E-state index >= 15 is 0 Å². The van der Waals surface area contributed by atoms with E-state index in [0.717, 1.165) is 28.9 Å². The first-order valence-corrected chi connectivity index (χ1v) is 9.60. The van der Waals surface area contributed by atoms with Gasteiger partial charge in [-0.25, -0.2) is 14.3 Å². The van der Waals surface area contributed by atoms with Crippen LogP contribution >= 0.6 is 0 Å². The second-order valence-corrected chi connectivity index (χ2v) is 6.84. The SMILES string of the molecule is Cc1cc(=O)c(C(=O)OCC(=O)NC(=O)NCc2ccco2)nn1-c1cccc(C(F)(F)F)c1. The van der Waals surface area contributed by atoms with E-state index in [1.165, 1.54) is 19.3 Å². The number of alkyl halides is 3. The molecule has 0 saturated heterocycles. The summed E-state index contributed by atoms with van der Waals surface area (Å²) in [6, 6.07) is 7.45. The molecule has 10 nitrogen and oxygen atoms in total. The number of ether oxygens (including phenoxy) is 1. The third-order valence-corrected chi connectivity index (χ3v) is 4.31. The fraction of sp³-hybridized carbons (Fsp3) is 0.190. The summed E-state index contributed by atoms with van der Waals surface area (Å²) >= 11 is 0. The highest BCUT2D eigenvalue weighted by molar-refractivity contribution is 5.96. The minimum Gasteiger partial charge on any atom is -0.467 e. The Hall–Kier alpha value is -4.42. The van der Waals surface area contributed by atoms with Crippen molar-refractivity contribution in [1.29, 1.82) is 0 Å². The number of urea groups is 1. The number of carbonyl (C=O) groups is 3. The molecule has 2 heterocycles. The summed E-state index contributed by atoms with van der Waals surface area (Å²) in [4.78, 5) is 48.0. The summed E-state index contributed by atoms with van der Waals surface area (Å²) in [6.07, 6.45) is -3.21. The molecule has 3 aromatic rings. The van der Waals surface area contributed by atoms with Crippen molar-refractivity contribution in [3.05, 3.63) is 81.7 Å². The van der Waals surface area contributed by atoms with Crippen LogP contribution < -0.4 is 16.1 Å². The third-order valence-electron chi connectivity index (χ3n) is 4.31. The fourth-order valence-electron chi connectivity index (χ4n) is 2.75. The molecule has 3 rings (SSSR count). The van der Waals surface area contributed by atoms with Crippen LogP contribution in [0, 0.1) is 6.92 Å². The average molecular weight is 478 g/mol. The van der Waals surface area contributed by atoms with Crippen LogP contribution in [0.5, 0.6) is 0 Å². The second kappa shape index (κ2) is 10.0. The molecule has 3 amide bonds. The number of furan rings is 1. The Balaban J connectivity index is 1.66. The molecule has 13 heteroatoms. The maximum Gasteiger partial charge on any atom is 0.416 e. The van der Waals surface area contributed by atoms with E-state index in [2.05, 4.69) is 10.4 Å². The number of aromatic nitrogens is 2. The van der Waals surface area contributed by atoms with E-state index in [4.69, 9.17) is 9.15 Å². The molecular weight excluding hydrogens is 461 g/mol. The van der Waals surface area contributed by atoms with E-state index in [-0.39, 0.29) is 17.9 Å². The van der Waals surface area contributed by atoms with Gasteiger partial charge in [0.05, 0.1) is 24.1 Å². The van der Waals surface area contributed by atoms with Gasteiger partial charge in [-0.1, -0.05) is 6.07 Å². The van der Waals surface area contributed by atoms with Crippen LogP contribution in [0.1, 0.15) is 27.5 Å². The van der Waals surface area contributed by atoms with Gasteiger partial charge in [0, 0.05) is 11.8 Å². The number of aryl methyl sites for hydroxylation is 1. The van der Waals surface area contributed by atoms with Crippen molar-refractivity contribution in [2.75, 3.05) is 6.61 Å². The van der Waals surface area contributed by atoms with Gasteiger partial charge in [-0.05, 0) is 37.3 Å². The number of rotatable bonds is 6. The van der Waals surface area contributed by atoms with Crippen LogP contribution in [0.15, 0.2) is 57.9 Å². The summed E-state index contributed by atoms with van der Waals surface area (Å²) in [7, 11) is 0. The zero-order valence-corrected chi connectivity index (χ0v) is 17.5. The number of amides is 3. The van der Waals surface area contributed by atoms with Crippen LogP contribution in [0.4, 0.5) is 18.0 Å². The quantitative estimate of drug-likeness (QED) is 0.520. The lowest BCUT2D eigenvalue weighted by Gasteiger charge is -2.13. The summed E-state index contributed by atoms with van der Waals surface area (Å²) in [5.41, 5.74) is -2.45. The van der Waals surface area contributed by atoms with Crippen LogP contribution in [0.2, 0.25) is 0 Å². The molecule has 0 aliphatic heterocycles. The van der Waals surface area contributed by atoms with Gasteiger partial charge < -0.3 is 14.5 Å². The fourth-order valence-corrected chi connectivity index (χ4v) is 2.75. The number of hydrogen-bond acceptors (Lipinski definition) is 7. The Kier molecular flexibility index (Phi) is 7.14. The number of nitrogens with one attached hydrogen (secondary N) is 2. The summed E-state index contributed by atoms with van der Waals surface area (Å²) in [6.45, 7) is 0.512. The molecule has 1 aromatic carbocycles. The van der Waals surface area contributed by atoms with Crippen molar-refractivity contribution in [3.63, 3.8) is 0 Å². The van der Waals surface area contributed by atoms with E-state index < -0.39 is 47.4 Å². The number of nitrogens with zero attached hydrogens (tertiary/aromatic N) is 2. The van der Waals surface area contributed by atoms with Crippen molar-refractivity contribution < 1.29 is 36.7 Å². The van der Waals surface area contributed by atoms with Crippen LogP contribution in [0.3, 0.4) is 0 Å². The molecule has 0 spiro atoms. The number of benzene rings is 1. The van der Waals surface area contributed by atoms with Gasteiger partial charge >= 0.3 is 18.2 Å². The highest BCUT2D eigenvalue weighted by Crippen LogP contribution is 2.30. The standard InChI is InChI=1S/C21H17F3N4O6/c1-12-8-16(29)18(27-28(12)14-5-2-4-13(9-14)21(22,23)24)19(31)34-11-17(30)26-20(32)25-10-15-6-3-7-33-15/h2-9H,10-11H2,1H3,(H2,25,26,30,32). The number of imide groups is 1. The lowest BCUT2D eigenvalue weighted by molar-refractivity contribution is -0.137. The minimum atomic E-state index is -4.61. The Morgan fingerprint density at radius 3 is 2.59 bits per heavy atom. The monoisotopic (exact) mass is 478 g/mol. The largest absolute Gasteiger partial charge is 0.467 e. The van der Waals surface area contributed by atoms with Crippen molar-refractivity contribution in [3.8, 4) is 5.69 Å². The molecule has 0 aliphatic rings. The van der Waals surface area contributed by atoms with E-state index in [1.807, 2.05) is 5.32 Å². The van der Waals surface area contributed by atoms with Crippen LogP contribution in [-0.4, -0.2) is 34.3 Å². The van der Waals surface area contributed by atoms with Gasteiger partial charge in [-0.2, -0.15) is 18.3 Å². The average Bonchev–Trinajstić information content (AvgIpc) is 3.29. The Morgan fingerprint density at radius 2 is 1.91 bits per heavy atom. The minimum absolute atomic E-state index is 0.00820. The topological polar surface area (TPSA) is 133 Å². The molecule has 0 fully saturated rings. The first-order valence-electron chi connectivity index (χ1n) is 9.60. The molecule has 0 saturated carbocycles. The smallest absolute Gasteiger partial charge is 0.416 e. The molecule has 0 radical (unpaired) electrons. The highest BCUT2D eigenvalue weighted by atomic mass is 19.4. The number of hydrogen-bond donors (Lipinski definition) is 2. The van der Waals surface area contributed by atoms with Crippen molar-refractivity contribution in [2.24, 2.45) is 0 Å². The van der Waals surface area contributed by atoms with Gasteiger partial charge in [0.2, 0.25) is 11.1 Å². The van der Waals surface area contributed by atoms with Crippen molar-refractivity contribution >= 4 is 17.9 Å². The van der Waals surface area contributed by atoms with Gasteiger partial charge in [-0.15, -0.1) is 0 Å². The molecule has 2 aromatic heterocycles. The predicted octanol–water partition coefficient (Wildman–Crippen LogP) is 2.34. The highest BCUT2D eigenvalue weighted by Gasteiger charge is 2.30. The van der Waals surface area contributed by atoms with E-state index in [1.54, 1.807) is 12.1 Å². The van der Waals surface area contributed by atoms with Crippen LogP contribution in [-0.2, 0) is 22.3 Å². The summed E-state index contributed by atoms with van der Waals surface area (Å²) in [5, 5.41) is 8.06. The summed E-state index contributed by atoms with van der Waals surface area (Å²) in [5.74, 6) is -1.84. The van der Waals surface area contributed by atoms with Gasteiger partial charge in [0.25, 0.3) is 5.91 Å². The Labute approximate surface area is 189 Å². The molecular formula is C21H17F3N4O6. The first kappa shape index (κ1) is 24.2. The van der Waals surface area contributed by atoms with Crippen LogP contribution in [0.25, 0.3) is 5.69 Å². The predicted molar refractivity (Wildman–Crippen MR) is 109 cm³/mol. The lowest BCUT2D eigenvalue weighted by Crippen LogP contribution is -2.41. The molecule has 0 bridgehead atoms. The van der Waals surface area contributed by atoms with Crippen molar-refractivity contribution in [2.45, 2.75) is 19.6 Å². The van der Waals surface area contributed by atoms with Gasteiger partial charge in [0.1, 0.15) is 5.76 Å². The van der Waals surface area contributed by atoms with E-state index in [0.29, 0.717) is 5.76 Å². The summed E-state index contributed by atoms with van der Waals surface area (Å²) < 4.78 is 49.8. The third kappa shape index (κ3) is 6.09. The van der Waals surface area contributed by atoms with E-state index in [9.17, 15) is 32.3 Å². The molecule has 178 valence electrons. The molecule has 0 unspecified atom stereocenters.